The molecule has 1 aromatic carbocycles. The molecule has 0 saturated heterocycles. The molecule has 4 heteroatoms. The maximum Gasteiger partial charge on any atom is 0.179 e. The Bertz CT molecular complexity index is 426. The molecule has 0 aliphatic heterocycles. The van der Waals surface area contributed by atoms with Crippen LogP contribution < -0.4 is 5.32 Å². The Morgan fingerprint density at radius 1 is 1.25 bits per heavy atom. The Labute approximate surface area is 97.8 Å². The third kappa shape index (κ3) is 3.94. The lowest BCUT2D eigenvalue weighted by molar-refractivity contribution is 0.590. The summed E-state index contributed by atoms with van der Waals surface area (Å²) in [5.74, 6) is 0.163. The van der Waals surface area contributed by atoms with Gasteiger partial charge in [-0.3, -0.25) is 0 Å². The topological polar surface area (TPSA) is 46.2 Å². The van der Waals surface area contributed by atoms with Crippen LogP contribution in [0.25, 0.3) is 0 Å². The van der Waals surface area contributed by atoms with Gasteiger partial charge in [0.2, 0.25) is 0 Å². The van der Waals surface area contributed by atoms with E-state index in [1.165, 1.54) is 0 Å². The van der Waals surface area contributed by atoms with Crippen LogP contribution in [-0.2, 0) is 9.84 Å². The Morgan fingerprint density at radius 3 is 2.62 bits per heavy atom. The zero-order valence-corrected chi connectivity index (χ0v) is 10.7. The number of rotatable bonds is 6. The van der Waals surface area contributed by atoms with Gasteiger partial charge in [-0.25, -0.2) is 8.42 Å². The first-order valence-corrected chi connectivity index (χ1v) is 7.21. The van der Waals surface area contributed by atoms with Crippen LogP contribution in [0.3, 0.4) is 0 Å². The average Bonchev–Trinajstić information content (AvgIpc) is 2.24. The molecule has 0 aromatic heterocycles. The van der Waals surface area contributed by atoms with E-state index in [1.807, 2.05) is 13.0 Å². The monoisotopic (exact) mass is 241 g/mol. The van der Waals surface area contributed by atoms with Crippen molar-refractivity contribution in [2.75, 3.05) is 18.8 Å². The number of sulfone groups is 1. The number of nitrogens with one attached hydrogen (secondary N) is 1. The smallest absolute Gasteiger partial charge is 0.179 e. The Kier molecular flexibility index (Phi) is 4.96. The normalized spacial score (nSPS) is 11.6. The zero-order chi connectivity index (χ0) is 12.0. The van der Waals surface area contributed by atoms with Gasteiger partial charge in [0.05, 0.1) is 10.6 Å². The van der Waals surface area contributed by atoms with Gasteiger partial charge in [0.25, 0.3) is 0 Å². The number of hydrogen-bond donors (Lipinski definition) is 1. The van der Waals surface area contributed by atoms with E-state index >= 15 is 0 Å². The molecule has 0 atom stereocenters. The lowest BCUT2D eigenvalue weighted by atomic mass is 10.2. The predicted octanol–water partition coefficient (Wildman–Crippen LogP) is 1.77. The quantitative estimate of drug-likeness (QED) is 0.772. The first-order chi connectivity index (χ1) is 7.56. The molecule has 0 fully saturated rings. The molecule has 0 bridgehead atoms. The van der Waals surface area contributed by atoms with Crippen LogP contribution in [-0.4, -0.2) is 27.3 Å². The van der Waals surface area contributed by atoms with E-state index in [4.69, 9.17) is 0 Å². The van der Waals surface area contributed by atoms with E-state index in [1.54, 1.807) is 18.2 Å². The SMILES string of the molecule is CCCNCCS(=O)(=O)c1cccc(C)c1. The third-order valence-corrected chi connectivity index (χ3v) is 4.04. The summed E-state index contributed by atoms with van der Waals surface area (Å²) in [5.41, 5.74) is 0.975. The van der Waals surface area contributed by atoms with Crippen LogP contribution in [0.1, 0.15) is 18.9 Å². The fourth-order valence-electron chi connectivity index (χ4n) is 1.43. The third-order valence-electron chi connectivity index (χ3n) is 2.32. The minimum absolute atomic E-state index is 0.163. The van der Waals surface area contributed by atoms with Gasteiger partial charge in [-0.2, -0.15) is 0 Å². The molecular weight excluding hydrogens is 222 g/mol. The Morgan fingerprint density at radius 2 is 2.00 bits per heavy atom. The van der Waals surface area contributed by atoms with Crippen LogP contribution in [0.2, 0.25) is 0 Å². The zero-order valence-electron chi connectivity index (χ0n) is 9.86. The molecule has 0 heterocycles. The lowest BCUT2D eigenvalue weighted by Gasteiger charge is -2.06. The van der Waals surface area contributed by atoms with Gasteiger partial charge in [-0.1, -0.05) is 19.1 Å². The fraction of sp³-hybridized carbons (Fsp3) is 0.500. The summed E-state index contributed by atoms with van der Waals surface area (Å²) in [6.45, 7) is 5.34. The highest BCUT2D eigenvalue weighted by Gasteiger charge is 2.13. The van der Waals surface area contributed by atoms with E-state index in [0.717, 1.165) is 18.5 Å². The molecule has 0 radical (unpaired) electrons. The molecule has 0 unspecified atom stereocenters. The highest BCUT2D eigenvalue weighted by Crippen LogP contribution is 2.12. The van der Waals surface area contributed by atoms with E-state index in [0.29, 0.717) is 11.4 Å². The van der Waals surface area contributed by atoms with Crippen molar-refractivity contribution in [3.8, 4) is 0 Å². The second-order valence-corrected chi connectivity index (χ2v) is 5.99. The first-order valence-electron chi connectivity index (χ1n) is 5.56. The van der Waals surface area contributed by atoms with E-state index in [2.05, 4.69) is 12.2 Å². The summed E-state index contributed by atoms with van der Waals surface area (Å²) in [7, 11) is -3.13. The van der Waals surface area contributed by atoms with Crippen LogP contribution in [0.4, 0.5) is 0 Å². The Balaban J connectivity index is 2.64. The molecule has 1 N–H and O–H groups in total. The minimum atomic E-state index is -3.13. The van der Waals surface area contributed by atoms with Gasteiger partial charge in [0.1, 0.15) is 0 Å². The fourth-order valence-corrected chi connectivity index (χ4v) is 2.74. The lowest BCUT2D eigenvalue weighted by Crippen LogP contribution is -2.23. The van der Waals surface area contributed by atoms with Crippen molar-refractivity contribution in [2.45, 2.75) is 25.2 Å². The summed E-state index contributed by atoms with van der Waals surface area (Å²) < 4.78 is 23.8. The predicted molar refractivity (Wildman–Crippen MR) is 66.4 cm³/mol. The summed E-state index contributed by atoms with van der Waals surface area (Å²) in [6.07, 6.45) is 1.02. The van der Waals surface area contributed by atoms with Crippen molar-refractivity contribution in [3.05, 3.63) is 29.8 Å². The van der Waals surface area contributed by atoms with Crippen molar-refractivity contribution < 1.29 is 8.42 Å². The largest absolute Gasteiger partial charge is 0.316 e. The number of benzene rings is 1. The molecule has 1 aromatic rings. The van der Waals surface area contributed by atoms with Crippen molar-refractivity contribution in [1.29, 1.82) is 0 Å². The first kappa shape index (κ1) is 13.2. The van der Waals surface area contributed by atoms with Crippen molar-refractivity contribution >= 4 is 9.84 Å². The van der Waals surface area contributed by atoms with Crippen molar-refractivity contribution in [3.63, 3.8) is 0 Å². The van der Waals surface area contributed by atoms with E-state index in [9.17, 15) is 8.42 Å². The van der Waals surface area contributed by atoms with Gasteiger partial charge in [0.15, 0.2) is 9.84 Å². The maximum absolute atomic E-state index is 11.9. The molecule has 90 valence electrons. The molecule has 0 amide bonds. The molecular formula is C12H19NO2S. The Hall–Kier alpha value is -0.870. The highest BCUT2D eigenvalue weighted by atomic mass is 32.2. The summed E-state index contributed by atoms with van der Waals surface area (Å²) in [5, 5.41) is 3.10. The van der Waals surface area contributed by atoms with Crippen LogP contribution in [0.5, 0.6) is 0 Å². The molecule has 16 heavy (non-hydrogen) atoms. The van der Waals surface area contributed by atoms with Gasteiger partial charge in [-0.15, -0.1) is 0 Å². The summed E-state index contributed by atoms with van der Waals surface area (Å²) in [6, 6.07) is 7.05. The number of hydrogen-bond acceptors (Lipinski definition) is 3. The second kappa shape index (κ2) is 6.01. The van der Waals surface area contributed by atoms with E-state index < -0.39 is 9.84 Å². The highest BCUT2D eigenvalue weighted by molar-refractivity contribution is 7.91. The average molecular weight is 241 g/mol. The maximum atomic E-state index is 11.9. The molecule has 0 aliphatic carbocycles. The van der Waals surface area contributed by atoms with Crippen molar-refractivity contribution in [1.82, 2.24) is 5.32 Å². The van der Waals surface area contributed by atoms with Crippen molar-refractivity contribution in [2.24, 2.45) is 0 Å². The molecule has 0 spiro atoms. The summed E-state index contributed by atoms with van der Waals surface area (Å²) in [4.78, 5) is 0.422. The molecule has 0 aliphatic rings. The molecule has 3 nitrogen and oxygen atoms in total. The van der Waals surface area contributed by atoms with Crippen LogP contribution in [0.15, 0.2) is 29.2 Å². The van der Waals surface area contributed by atoms with Gasteiger partial charge < -0.3 is 5.32 Å². The van der Waals surface area contributed by atoms with Crippen LogP contribution >= 0.6 is 0 Å². The standard InChI is InChI=1S/C12H19NO2S/c1-3-7-13-8-9-16(14,15)12-6-4-5-11(2)10-12/h4-6,10,13H,3,7-9H2,1-2H3. The second-order valence-electron chi connectivity index (χ2n) is 3.89. The van der Waals surface area contributed by atoms with Gasteiger partial charge in [0, 0.05) is 6.54 Å². The van der Waals surface area contributed by atoms with E-state index in [-0.39, 0.29) is 5.75 Å². The molecule has 1 rings (SSSR count). The van der Waals surface area contributed by atoms with Gasteiger partial charge in [-0.05, 0) is 37.6 Å². The van der Waals surface area contributed by atoms with Gasteiger partial charge >= 0.3 is 0 Å². The minimum Gasteiger partial charge on any atom is -0.316 e. The summed E-state index contributed by atoms with van der Waals surface area (Å²) >= 11 is 0. The number of aryl methyl sites for hydroxylation is 1. The van der Waals surface area contributed by atoms with Crippen LogP contribution in [0, 0.1) is 6.92 Å². The molecule has 0 saturated carbocycles.